The number of hydrogen-bond donors (Lipinski definition) is 1. The van der Waals surface area contributed by atoms with Crippen molar-refractivity contribution in [3.8, 4) is 0 Å². The maximum absolute atomic E-state index is 12.9. The van der Waals surface area contributed by atoms with Gasteiger partial charge < -0.3 is 10.1 Å². The minimum atomic E-state index is -0.703. The Morgan fingerprint density at radius 2 is 1.67 bits per heavy atom. The van der Waals surface area contributed by atoms with Gasteiger partial charge in [0.05, 0.1) is 0 Å². The van der Waals surface area contributed by atoms with E-state index in [0.29, 0.717) is 12.1 Å². The quantitative estimate of drug-likeness (QED) is 0.732. The molecule has 0 heterocycles. The van der Waals surface area contributed by atoms with E-state index in [2.05, 4.69) is 21.2 Å². The van der Waals surface area contributed by atoms with Crippen molar-refractivity contribution in [2.75, 3.05) is 12.4 Å². The molecule has 2 rings (SSSR count). The topological polar surface area (TPSA) is 58.6 Å². The van der Waals surface area contributed by atoms with Crippen LogP contribution in [0.3, 0.4) is 0 Å². The van der Waals surface area contributed by atoms with Gasteiger partial charge in [-0.3, -0.25) is 9.69 Å². The van der Waals surface area contributed by atoms with E-state index in [1.54, 1.807) is 40.0 Å². The molecule has 2 amide bonds. The van der Waals surface area contributed by atoms with E-state index in [1.807, 2.05) is 42.5 Å². The molecule has 0 spiro atoms. The first-order valence-corrected chi connectivity index (χ1v) is 9.51. The van der Waals surface area contributed by atoms with Crippen LogP contribution < -0.4 is 5.32 Å². The van der Waals surface area contributed by atoms with E-state index < -0.39 is 17.7 Å². The van der Waals surface area contributed by atoms with E-state index in [1.165, 1.54) is 4.90 Å². The highest BCUT2D eigenvalue weighted by Crippen LogP contribution is 2.18. The Kier molecular flexibility index (Phi) is 7.02. The molecule has 1 N–H and O–H groups in total. The van der Waals surface area contributed by atoms with E-state index in [-0.39, 0.29) is 5.91 Å². The van der Waals surface area contributed by atoms with Crippen LogP contribution in [-0.2, 0) is 16.0 Å². The average molecular weight is 433 g/mol. The molecule has 5 nitrogen and oxygen atoms in total. The van der Waals surface area contributed by atoms with Crippen molar-refractivity contribution in [1.82, 2.24) is 4.90 Å². The fourth-order valence-electron chi connectivity index (χ4n) is 2.46. The lowest BCUT2D eigenvalue weighted by Gasteiger charge is -2.30. The fourth-order valence-corrected chi connectivity index (χ4v) is 2.73. The highest BCUT2D eigenvalue weighted by Gasteiger charge is 2.30. The van der Waals surface area contributed by atoms with Crippen LogP contribution in [0.5, 0.6) is 0 Å². The van der Waals surface area contributed by atoms with E-state index in [9.17, 15) is 9.59 Å². The Labute approximate surface area is 168 Å². The number of hydrogen-bond acceptors (Lipinski definition) is 3. The van der Waals surface area contributed by atoms with Gasteiger partial charge in [0.1, 0.15) is 11.6 Å². The number of carbonyl (C=O) groups excluding carboxylic acids is 2. The summed E-state index contributed by atoms with van der Waals surface area (Å²) in [4.78, 5) is 26.8. The van der Waals surface area contributed by atoms with Crippen LogP contribution in [0.25, 0.3) is 0 Å². The van der Waals surface area contributed by atoms with Crippen LogP contribution in [0.1, 0.15) is 26.3 Å². The zero-order valence-corrected chi connectivity index (χ0v) is 17.6. The van der Waals surface area contributed by atoms with Crippen molar-refractivity contribution in [1.29, 1.82) is 0 Å². The number of nitrogens with one attached hydrogen (secondary N) is 1. The molecule has 2 aromatic rings. The number of amides is 2. The minimum Gasteiger partial charge on any atom is -0.444 e. The van der Waals surface area contributed by atoms with Crippen LogP contribution in [0.2, 0.25) is 0 Å². The standard InChI is InChI=1S/C21H25BrN2O3/c1-21(2,3)27-20(26)24(4)18(14-15-8-6-5-7-9-15)19(25)23-17-12-10-16(22)11-13-17/h5-13,18H,14H2,1-4H3,(H,23,25). The van der Waals surface area contributed by atoms with Gasteiger partial charge >= 0.3 is 6.09 Å². The summed E-state index contributed by atoms with van der Waals surface area (Å²) in [5.74, 6) is -0.269. The zero-order chi connectivity index (χ0) is 20.0. The number of rotatable bonds is 5. The molecule has 0 aromatic heterocycles. The van der Waals surface area contributed by atoms with Gasteiger partial charge in [0, 0.05) is 23.6 Å². The first-order chi connectivity index (χ1) is 12.7. The number of benzene rings is 2. The Balaban J connectivity index is 2.21. The second-order valence-electron chi connectivity index (χ2n) is 7.29. The smallest absolute Gasteiger partial charge is 0.410 e. The first kappa shape index (κ1) is 21.0. The molecular weight excluding hydrogens is 408 g/mol. The van der Waals surface area contributed by atoms with Crippen molar-refractivity contribution < 1.29 is 14.3 Å². The predicted octanol–water partition coefficient (Wildman–Crippen LogP) is 4.87. The Morgan fingerprint density at radius 1 is 1.07 bits per heavy atom. The van der Waals surface area contributed by atoms with Crippen molar-refractivity contribution >= 4 is 33.6 Å². The van der Waals surface area contributed by atoms with Crippen LogP contribution in [0.15, 0.2) is 59.1 Å². The summed E-state index contributed by atoms with van der Waals surface area (Å²) in [6, 6.07) is 16.2. The lowest BCUT2D eigenvalue weighted by atomic mass is 10.0. The summed E-state index contributed by atoms with van der Waals surface area (Å²) in [5.41, 5.74) is 0.993. The monoisotopic (exact) mass is 432 g/mol. The molecule has 0 fully saturated rings. The highest BCUT2D eigenvalue weighted by atomic mass is 79.9. The number of nitrogens with zero attached hydrogens (tertiary/aromatic N) is 1. The Hall–Kier alpha value is -2.34. The average Bonchev–Trinajstić information content (AvgIpc) is 2.60. The van der Waals surface area contributed by atoms with Crippen LogP contribution in [0.4, 0.5) is 10.5 Å². The minimum absolute atomic E-state index is 0.269. The van der Waals surface area contributed by atoms with Crippen molar-refractivity contribution in [3.63, 3.8) is 0 Å². The van der Waals surface area contributed by atoms with Gasteiger partial charge in [-0.15, -0.1) is 0 Å². The van der Waals surface area contributed by atoms with Gasteiger partial charge in [0.15, 0.2) is 0 Å². The number of halogens is 1. The number of carbonyl (C=O) groups is 2. The molecule has 27 heavy (non-hydrogen) atoms. The van der Waals surface area contributed by atoms with E-state index >= 15 is 0 Å². The number of ether oxygens (including phenoxy) is 1. The van der Waals surface area contributed by atoms with Gasteiger partial charge in [0.25, 0.3) is 0 Å². The third-order valence-corrected chi connectivity index (χ3v) is 4.36. The molecule has 0 aliphatic carbocycles. The normalized spacial score (nSPS) is 12.2. The molecule has 0 radical (unpaired) electrons. The number of likely N-dealkylation sites (N-methyl/N-ethyl adjacent to an activating group) is 1. The summed E-state index contributed by atoms with van der Waals surface area (Å²) in [7, 11) is 1.59. The summed E-state index contributed by atoms with van der Waals surface area (Å²) >= 11 is 3.37. The lowest BCUT2D eigenvalue weighted by Crippen LogP contribution is -2.48. The largest absolute Gasteiger partial charge is 0.444 e. The summed E-state index contributed by atoms with van der Waals surface area (Å²) in [5, 5.41) is 2.88. The van der Waals surface area contributed by atoms with Gasteiger partial charge in [0.2, 0.25) is 5.91 Å². The third kappa shape index (κ3) is 6.71. The highest BCUT2D eigenvalue weighted by molar-refractivity contribution is 9.10. The molecule has 6 heteroatoms. The van der Waals surface area contributed by atoms with Crippen molar-refractivity contribution in [2.45, 2.75) is 38.8 Å². The molecule has 0 bridgehead atoms. The summed E-state index contributed by atoms with van der Waals surface area (Å²) in [6.07, 6.45) is -0.145. The lowest BCUT2D eigenvalue weighted by molar-refractivity contribution is -0.120. The fraction of sp³-hybridized carbons (Fsp3) is 0.333. The Bertz CT molecular complexity index is 770. The predicted molar refractivity (Wildman–Crippen MR) is 111 cm³/mol. The van der Waals surface area contributed by atoms with Crippen molar-refractivity contribution in [3.05, 3.63) is 64.6 Å². The zero-order valence-electron chi connectivity index (χ0n) is 16.0. The maximum Gasteiger partial charge on any atom is 0.410 e. The van der Waals surface area contributed by atoms with E-state index in [4.69, 9.17) is 4.74 Å². The SMILES string of the molecule is CN(C(=O)OC(C)(C)C)C(Cc1ccccc1)C(=O)Nc1ccc(Br)cc1. The second kappa shape index (κ2) is 9.04. The molecular formula is C21H25BrN2O3. The van der Waals surface area contributed by atoms with Gasteiger partial charge in [-0.05, 0) is 50.6 Å². The molecule has 1 unspecified atom stereocenters. The molecule has 0 saturated carbocycles. The molecule has 144 valence electrons. The summed E-state index contributed by atoms with van der Waals surface area (Å²) in [6.45, 7) is 5.40. The molecule has 2 aromatic carbocycles. The number of anilines is 1. The van der Waals surface area contributed by atoms with Crippen LogP contribution >= 0.6 is 15.9 Å². The maximum atomic E-state index is 12.9. The second-order valence-corrected chi connectivity index (χ2v) is 8.21. The first-order valence-electron chi connectivity index (χ1n) is 8.72. The van der Waals surface area contributed by atoms with Gasteiger partial charge in [-0.1, -0.05) is 46.3 Å². The van der Waals surface area contributed by atoms with Crippen LogP contribution in [0, 0.1) is 0 Å². The van der Waals surface area contributed by atoms with Gasteiger partial charge in [-0.2, -0.15) is 0 Å². The van der Waals surface area contributed by atoms with Crippen molar-refractivity contribution in [2.24, 2.45) is 0 Å². The molecule has 0 saturated heterocycles. The molecule has 0 aliphatic heterocycles. The van der Waals surface area contributed by atoms with Crippen LogP contribution in [-0.4, -0.2) is 35.6 Å². The van der Waals surface area contributed by atoms with E-state index in [0.717, 1.165) is 10.0 Å². The van der Waals surface area contributed by atoms with Gasteiger partial charge in [-0.25, -0.2) is 4.79 Å². The summed E-state index contributed by atoms with van der Waals surface area (Å²) < 4.78 is 6.36. The molecule has 0 aliphatic rings. The molecule has 1 atom stereocenters. The third-order valence-electron chi connectivity index (χ3n) is 3.84. The Morgan fingerprint density at radius 3 is 2.22 bits per heavy atom.